The molecule has 4 heterocycles. The van der Waals surface area contributed by atoms with Crippen molar-refractivity contribution in [1.29, 1.82) is 0 Å². The largest absolute Gasteiger partial charge is 0.394 e. The highest BCUT2D eigenvalue weighted by atomic mass is 16.8. The summed E-state index contributed by atoms with van der Waals surface area (Å²) >= 11 is 0. The maximum absolute atomic E-state index is 10.8. The first kappa shape index (κ1) is 36.0. The second-order valence-corrected chi connectivity index (χ2v) is 11.0. The van der Waals surface area contributed by atoms with Crippen molar-refractivity contribution in [2.75, 3.05) is 33.0 Å². The molecule has 0 saturated carbocycles. The molecule has 258 valence electrons. The fourth-order valence-corrected chi connectivity index (χ4v) is 5.46. The highest BCUT2D eigenvalue weighted by Gasteiger charge is 2.53. The molecule has 4 fully saturated rings. The van der Waals surface area contributed by atoms with Gasteiger partial charge in [0.25, 0.3) is 0 Å². The molecule has 4 aliphatic heterocycles. The van der Waals surface area contributed by atoms with Crippen LogP contribution in [0.5, 0.6) is 0 Å². The summed E-state index contributed by atoms with van der Waals surface area (Å²) in [5.41, 5.74) is 0. The highest BCUT2D eigenvalue weighted by molar-refractivity contribution is 4.96. The van der Waals surface area contributed by atoms with Gasteiger partial charge in [0.1, 0.15) is 97.7 Å². The van der Waals surface area contributed by atoms with Crippen LogP contribution in [0.1, 0.15) is 0 Å². The SMILES string of the molecule is OC[C@@H]1O[C@H](CO)[C@@H](O[C@H]2O[C@H](CO[C@H]3O[C@H](CO)[C@@H](O)[C@H](O)[C@@H]3O[C@H]3O[C@H](CO)[C@@H](O)[C@H](O)[C@@H]3O)[C@@H](O)[C@H](O)[C@@H]2O)[C@@H]1O. The molecule has 20 nitrogen and oxygen atoms in total. The molecule has 0 amide bonds. The second kappa shape index (κ2) is 15.4. The van der Waals surface area contributed by atoms with Crippen molar-refractivity contribution >= 4 is 0 Å². The maximum Gasteiger partial charge on any atom is 0.187 e. The summed E-state index contributed by atoms with van der Waals surface area (Å²) < 4.78 is 38.4. The number of hydrogen-bond donors (Lipinski definition) is 13. The van der Waals surface area contributed by atoms with Crippen LogP contribution in [0.4, 0.5) is 0 Å². The van der Waals surface area contributed by atoms with Crippen molar-refractivity contribution in [3.63, 3.8) is 0 Å². The molecule has 0 aromatic carbocycles. The molecule has 44 heavy (non-hydrogen) atoms. The Balaban J connectivity index is 1.47. The van der Waals surface area contributed by atoms with Crippen LogP contribution in [0.25, 0.3) is 0 Å². The normalized spacial score (nSPS) is 51.9. The van der Waals surface area contributed by atoms with E-state index < -0.39 is 150 Å². The Morgan fingerprint density at radius 2 is 0.773 bits per heavy atom. The molecule has 0 bridgehead atoms. The molecule has 4 rings (SSSR count). The van der Waals surface area contributed by atoms with E-state index in [4.69, 9.17) is 33.2 Å². The molecule has 19 atom stereocenters. The van der Waals surface area contributed by atoms with Crippen LogP contribution in [0.2, 0.25) is 0 Å². The summed E-state index contributed by atoms with van der Waals surface area (Å²) in [5, 5.41) is 132. The average Bonchev–Trinajstić information content (AvgIpc) is 3.33. The third kappa shape index (κ3) is 7.19. The molecular weight excluding hydrogens is 608 g/mol. The fraction of sp³-hybridized carbons (Fsp3) is 1.00. The lowest BCUT2D eigenvalue weighted by Crippen LogP contribution is -2.65. The Labute approximate surface area is 249 Å². The zero-order valence-corrected chi connectivity index (χ0v) is 23.2. The molecule has 20 heteroatoms. The lowest BCUT2D eigenvalue weighted by atomic mass is 9.97. The van der Waals surface area contributed by atoms with Gasteiger partial charge in [0.05, 0.1) is 33.0 Å². The zero-order valence-electron chi connectivity index (χ0n) is 23.2. The van der Waals surface area contributed by atoms with Gasteiger partial charge < -0.3 is 99.5 Å². The lowest BCUT2D eigenvalue weighted by Gasteiger charge is -2.46. The summed E-state index contributed by atoms with van der Waals surface area (Å²) in [4.78, 5) is 0. The number of hydrogen-bond acceptors (Lipinski definition) is 20. The van der Waals surface area contributed by atoms with Crippen LogP contribution in [0, 0.1) is 0 Å². The van der Waals surface area contributed by atoms with Gasteiger partial charge in [-0.3, -0.25) is 0 Å². The molecule has 0 aromatic heterocycles. The zero-order chi connectivity index (χ0) is 32.5. The van der Waals surface area contributed by atoms with Gasteiger partial charge in [-0.25, -0.2) is 0 Å². The molecule has 4 saturated heterocycles. The van der Waals surface area contributed by atoms with Gasteiger partial charge in [-0.1, -0.05) is 0 Å². The Kier molecular flexibility index (Phi) is 12.6. The summed E-state index contributed by atoms with van der Waals surface area (Å²) in [5.74, 6) is 0. The van der Waals surface area contributed by atoms with Crippen molar-refractivity contribution in [3.05, 3.63) is 0 Å². The van der Waals surface area contributed by atoms with Gasteiger partial charge in [0, 0.05) is 0 Å². The molecular formula is C24H42O20. The summed E-state index contributed by atoms with van der Waals surface area (Å²) in [6.45, 7) is -3.56. The number of rotatable bonds is 11. The first-order valence-corrected chi connectivity index (χ1v) is 14.0. The van der Waals surface area contributed by atoms with Crippen LogP contribution in [-0.2, 0) is 33.2 Å². The summed E-state index contributed by atoms with van der Waals surface area (Å²) in [7, 11) is 0. The van der Waals surface area contributed by atoms with Crippen molar-refractivity contribution in [1.82, 2.24) is 0 Å². The van der Waals surface area contributed by atoms with Gasteiger partial charge in [-0.15, -0.1) is 0 Å². The van der Waals surface area contributed by atoms with E-state index in [0.29, 0.717) is 0 Å². The molecule has 0 unspecified atom stereocenters. The van der Waals surface area contributed by atoms with Gasteiger partial charge in [0.2, 0.25) is 0 Å². The summed E-state index contributed by atoms with van der Waals surface area (Å²) in [6.07, 6.45) is -31.1. The van der Waals surface area contributed by atoms with E-state index in [1.165, 1.54) is 0 Å². The third-order valence-electron chi connectivity index (χ3n) is 8.14. The number of aliphatic hydroxyl groups is 13. The van der Waals surface area contributed by atoms with Gasteiger partial charge in [-0.05, 0) is 0 Å². The van der Waals surface area contributed by atoms with Crippen LogP contribution in [0.15, 0.2) is 0 Å². The Morgan fingerprint density at radius 1 is 0.364 bits per heavy atom. The van der Waals surface area contributed by atoms with E-state index in [1.807, 2.05) is 0 Å². The summed E-state index contributed by atoms with van der Waals surface area (Å²) in [6, 6.07) is 0. The molecule has 13 N–H and O–H groups in total. The van der Waals surface area contributed by atoms with Gasteiger partial charge in [0.15, 0.2) is 18.9 Å². The molecule has 4 aliphatic rings. The second-order valence-electron chi connectivity index (χ2n) is 11.0. The van der Waals surface area contributed by atoms with Crippen LogP contribution in [0.3, 0.4) is 0 Å². The molecule has 0 spiro atoms. The van der Waals surface area contributed by atoms with Crippen molar-refractivity contribution in [3.8, 4) is 0 Å². The van der Waals surface area contributed by atoms with Crippen LogP contribution >= 0.6 is 0 Å². The Morgan fingerprint density at radius 3 is 1.30 bits per heavy atom. The maximum atomic E-state index is 10.8. The topological polar surface area (TPSA) is 328 Å². The van der Waals surface area contributed by atoms with Crippen molar-refractivity contribution in [2.24, 2.45) is 0 Å². The van der Waals surface area contributed by atoms with Crippen LogP contribution in [-0.4, -0.2) is 216 Å². The van der Waals surface area contributed by atoms with Crippen LogP contribution < -0.4 is 0 Å². The highest BCUT2D eigenvalue weighted by Crippen LogP contribution is 2.32. The third-order valence-corrected chi connectivity index (χ3v) is 8.14. The van der Waals surface area contributed by atoms with E-state index in [-0.39, 0.29) is 0 Å². The predicted octanol–water partition coefficient (Wildman–Crippen LogP) is -9.07. The molecule has 0 aromatic rings. The molecule has 0 radical (unpaired) electrons. The minimum atomic E-state index is -1.91. The van der Waals surface area contributed by atoms with Crippen molar-refractivity contribution < 1.29 is 99.5 Å². The number of aliphatic hydroxyl groups excluding tert-OH is 13. The smallest absolute Gasteiger partial charge is 0.187 e. The van der Waals surface area contributed by atoms with Gasteiger partial charge >= 0.3 is 0 Å². The molecule has 0 aliphatic carbocycles. The predicted molar refractivity (Wildman–Crippen MR) is 133 cm³/mol. The first-order chi connectivity index (χ1) is 20.9. The minimum absolute atomic E-state index is 0.619. The minimum Gasteiger partial charge on any atom is -0.394 e. The van der Waals surface area contributed by atoms with E-state index in [1.54, 1.807) is 0 Å². The van der Waals surface area contributed by atoms with E-state index in [2.05, 4.69) is 0 Å². The van der Waals surface area contributed by atoms with E-state index >= 15 is 0 Å². The van der Waals surface area contributed by atoms with Gasteiger partial charge in [-0.2, -0.15) is 0 Å². The Bertz CT molecular complexity index is 883. The van der Waals surface area contributed by atoms with Crippen molar-refractivity contribution in [2.45, 2.75) is 117 Å². The quantitative estimate of drug-likeness (QED) is 0.0987. The monoisotopic (exact) mass is 650 g/mol. The van der Waals surface area contributed by atoms with E-state index in [0.717, 1.165) is 0 Å². The van der Waals surface area contributed by atoms with E-state index in [9.17, 15) is 66.4 Å². The lowest BCUT2D eigenvalue weighted by molar-refractivity contribution is -0.374. The fourth-order valence-electron chi connectivity index (χ4n) is 5.46. The number of ether oxygens (including phenoxy) is 7. The standard InChI is InChI=1S/C24H42O20/c25-1-6-11(29)15(33)18(36)22(40-6)44-21-17(35)12(30)7(2-26)41-24(21)38-5-10-13(31)16(34)19(37)23(42-10)43-20-9(4-28)39-8(3-27)14(20)32/h6-37H,1-5H2/t6-,7-,8+,9-,10-,11-,12-,13-,14-,15+,16+,17+,18+,19+,20-,21+,22-,23-,24+/m1/s1. The average molecular weight is 651 g/mol. The first-order valence-electron chi connectivity index (χ1n) is 14.0. The Hall–Kier alpha value is -0.800.